The number of fused-ring (bicyclic) bond motifs is 1. The van der Waals surface area contributed by atoms with Crippen LogP contribution in [0.2, 0.25) is 0 Å². The first-order valence-electron chi connectivity index (χ1n) is 9.66. The maximum atomic E-state index is 13.1. The molecule has 4 rings (SSSR count). The summed E-state index contributed by atoms with van der Waals surface area (Å²) in [5, 5.41) is 7.23. The average molecular weight is 388 g/mol. The lowest BCUT2D eigenvalue weighted by Gasteiger charge is -2.25. The minimum atomic E-state index is -0.0945. The van der Waals surface area contributed by atoms with E-state index in [4.69, 9.17) is 4.42 Å². The lowest BCUT2D eigenvalue weighted by Crippen LogP contribution is -2.30. The van der Waals surface area contributed by atoms with Gasteiger partial charge in [-0.2, -0.15) is 5.10 Å². The Morgan fingerprint density at radius 2 is 1.93 bits per heavy atom. The maximum Gasteiger partial charge on any atom is 0.254 e. The van der Waals surface area contributed by atoms with E-state index in [9.17, 15) is 4.79 Å². The number of nitrogens with zero attached hydrogens (tertiary/aromatic N) is 3. The van der Waals surface area contributed by atoms with E-state index < -0.39 is 0 Å². The molecule has 2 heterocycles. The molecule has 0 fully saturated rings. The number of amides is 1. The molecular weight excluding hydrogens is 364 g/mol. The lowest BCUT2D eigenvalue weighted by molar-refractivity contribution is 0.0742. The van der Waals surface area contributed by atoms with Gasteiger partial charge >= 0.3 is 0 Å². The quantitative estimate of drug-likeness (QED) is 0.542. The van der Waals surface area contributed by atoms with Gasteiger partial charge in [-0.05, 0) is 44.5 Å². The van der Waals surface area contributed by atoms with Crippen LogP contribution in [0.3, 0.4) is 0 Å². The highest BCUT2D eigenvalue weighted by Crippen LogP contribution is 2.26. The molecule has 6 heteroatoms. The van der Waals surface area contributed by atoms with Crippen LogP contribution in [-0.2, 0) is 6.42 Å². The van der Waals surface area contributed by atoms with Gasteiger partial charge in [-0.25, -0.2) is 4.98 Å². The molecule has 148 valence electrons. The van der Waals surface area contributed by atoms with Gasteiger partial charge in [0.15, 0.2) is 11.5 Å². The fourth-order valence-corrected chi connectivity index (χ4v) is 3.70. The molecule has 29 heavy (non-hydrogen) atoms. The third kappa shape index (κ3) is 3.66. The van der Waals surface area contributed by atoms with Crippen LogP contribution in [0.1, 0.15) is 51.7 Å². The van der Waals surface area contributed by atoms with Crippen LogP contribution in [0.25, 0.3) is 11.1 Å². The minimum Gasteiger partial charge on any atom is -0.440 e. The molecule has 0 aliphatic carbocycles. The summed E-state index contributed by atoms with van der Waals surface area (Å²) in [5.74, 6) is 0.578. The molecule has 4 aromatic rings. The van der Waals surface area contributed by atoms with Crippen molar-refractivity contribution in [2.75, 3.05) is 7.05 Å². The summed E-state index contributed by atoms with van der Waals surface area (Å²) in [4.78, 5) is 19.4. The number of aromatic nitrogens is 3. The Kier molecular flexibility index (Phi) is 4.92. The van der Waals surface area contributed by atoms with Gasteiger partial charge in [0.1, 0.15) is 5.52 Å². The van der Waals surface area contributed by atoms with Gasteiger partial charge in [-0.1, -0.05) is 30.3 Å². The van der Waals surface area contributed by atoms with Crippen LogP contribution in [-0.4, -0.2) is 33.0 Å². The van der Waals surface area contributed by atoms with E-state index in [0.717, 1.165) is 22.5 Å². The second-order valence-corrected chi connectivity index (χ2v) is 7.39. The van der Waals surface area contributed by atoms with Crippen molar-refractivity contribution in [1.82, 2.24) is 20.1 Å². The highest BCUT2D eigenvalue weighted by molar-refractivity contribution is 5.97. The molecule has 0 radical (unpaired) electrons. The predicted molar refractivity (Wildman–Crippen MR) is 112 cm³/mol. The maximum absolute atomic E-state index is 13.1. The summed E-state index contributed by atoms with van der Waals surface area (Å²) in [5.41, 5.74) is 6.04. The molecule has 0 spiro atoms. The van der Waals surface area contributed by atoms with Crippen LogP contribution in [0, 0.1) is 13.8 Å². The molecule has 1 unspecified atom stereocenters. The summed E-state index contributed by atoms with van der Waals surface area (Å²) < 4.78 is 5.86. The summed E-state index contributed by atoms with van der Waals surface area (Å²) in [6.45, 7) is 5.93. The van der Waals surface area contributed by atoms with E-state index in [1.165, 1.54) is 0 Å². The van der Waals surface area contributed by atoms with Crippen molar-refractivity contribution < 1.29 is 9.21 Å². The second kappa shape index (κ2) is 7.54. The summed E-state index contributed by atoms with van der Waals surface area (Å²) in [6, 6.07) is 15.4. The third-order valence-electron chi connectivity index (χ3n) is 5.38. The highest BCUT2D eigenvalue weighted by Gasteiger charge is 2.23. The summed E-state index contributed by atoms with van der Waals surface area (Å²) in [6.07, 6.45) is 0.620. The van der Waals surface area contributed by atoms with Crippen LogP contribution in [0.15, 0.2) is 52.9 Å². The standard InChI is InChI=1S/C23H24N4O2/c1-14-22(15(2)26-25-14)16(3)27(4)23(28)18-10-11-20-19(13-18)24-21(29-20)12-17-8-6-5-7-9-17/h5-11,13,16H,12H2,1-4H3,(H,25,26). The number of H-pyrrole nitrogens is 1. The number of oxazole rings is 1. The van der Waals surface area contributed by atoms with Crippen molar-refractivity contribution >= 4 is 17.0 Å². The molecule has 1 N–H and O–H groups in total. The normalized spacial score (nSPS) is 12.3. The number of aromatic amines is 1. The Bertz CT molecular complexity index is 1140. The van der Waals surface area contributed by atoms with E-state index in [1.807, 2.05) is 64.2 Å². The molecule has 0 bridgehead atoms. The summed E-state index contributed by atoms with van der Waals surface area (Å²) >= 11 is 0. The predicted octanol–water partition coefficient (Wildman–Crippen LogP) is 4.59. The van der Waals surface area contributed by atoms with Crippen molar-refractivity contribution in [2.45, 2.75) is 33.2 Å². The van der Waals surface area contributed by atoms with E-state index in [1.54, 1.807) is 17.0 Å². The van der Waals surface area contributed by atoms with E-state index in [0.29, 0.717) is 29.0 Å². The second-order valence-electron chi connectivity index (χ2n) is 7.39. The van der Waals surface area contributed by atoms with Gasteiger partial charge in [0, 0.05) is 30.3 Å². The Morgan fingerprint density at radius 3 is 2.62 bits per heavy atom. The fourth-order valence-electron chi connectivity index (χ4n) is 3.70. The van der Waals surface area contributed by atoms with Crippen molar-refractivity contribution in [3.63, 3.8) is 0 Å². The zero-order valence-electron chi connectivity index (χ0n) is 17.1. The SMILES string of the molecule is Cc1n[nH]c(C)c1C(C)N(C)C(=O)c1ccc2oc(Cc3ccccc3)nc2c1. The van der Waals surface area contributed by atoms with Crippen LogP contribution in [0.4, 0.5) is 0 Å². The number of benzene rings is 2. The topological polar surface area (TPSA) is 75.0 Å². The monoisotopic (exact) mass is 388 g/mol. The van der Waals surface area contributed by atoms with Crippen molar-refractivity contribution in [3.8, 4) is 0 Å². The molecule has 0 aliphatic rings. The smallest absolute Gasteiger partial charge is 0.254 e. The van der Waals surface area contributed by atoms with Gasteiger partial charge in [0.05, 0.1) is 11.7 Å². The zero-order valence-corrected chi connectivity index (χ0v) is 17.1. The number of hydrogen-bond acceptors (Lipinski definition) is 4. The molecule has 1 atom stereocenters. The van der Waals surface area contributed by atoms with E-state index in [-0.39, 0.29) is 11.9 Å². The van der Waals surface area contributed by atoms with Crippen molar-refractivity contribution in [1.29, 1.82) is 0 Å². The zero-order chi connectivity index (χ0) is 20.5. The van der Waals surface area contributed by atoms with Crippen LogP contribution < -0.4 is 0 Å². The van der Waals surface area contributed by atoms with Gasteiger partial charge in [0.25, 0.3) is 5.91 Å². The Labute approximate surface area is 169 Å². The molecule has 2 aromatic heterocycles. The van der Waals surface area contributed by atoms with Gasteiger partial charge in [-0.3, -0.25) is 9.89 Å². The number of aryl methyl sites for hydroxylation is 2. The number of rotatable bonds is 5. The first-order valence-corrected chi connectivity index (χ1v) is 9.66. The Morgan fingerprint density at radius 1 is 1.17 bits per heavy atom. The lowest BCUT2D eigenvalue weighted by atomic mass is 10.0. The van der Waals surface area contributed by atoms with Gasteiger partial charge in [0.2, 0.25) is 0 Å². The fraction of sp³-hybridized carbons (Fsp3) is 0.261. The minimum absolute atomic E-state index is 0.0630. The number of hydrogen-bond donors (Lipinski definition) is 1. The van der Waals surface area contributed by atoms with Gasteiger partial charge in [-0.15, -0.1) is 0 Å². The molecule has 6 nitrogen and oxygen atoms in total. The number of carbonyl (C=O) groups is 1. The van der Waals surface area contributed by atoms with Crippen molar-refractivity contribution in [2.24, 2.45) is 0 Å². The third-order valence-corrected chi connectivity index (χ3v) is 5.38. The average Bonchev–Trinajstić information content (AvgIpc) is 3.28. The Balaban J connectivity index is 1.57. The highest BCUT2D eigenvalue weighted by atomic mass is 16.3. The van der Waals surface area contributed by atoms with E-state index in [2.05, 4.69) is 15.2 Å². The Hall–Kier alpha value is -3.41. The molecule has 0 saturated heterocycles. The van der Waals surface area contributed by atoms with E-state index >= 15 is 0 Å². The molecule has 1 amide bonds. The molecule has 0 saturated carbocycles. The van der Waals surface area contributed by atoms with Crippen LogP contribution in [0.5, 0.6) is 0 Å². The molecule has 0 aliphatic heterocycles. The van der Waals surface area contributed by atoms with Crippen LogP contribution >= 0.6 is 0 Å². The molecular formula is C23H24N4O2. The van der Waals surface area contributed by atoms with Crippen molar-refractivity contribution in [3.05, 3.63) is 82.5 Å². The van der Waals surface area contributed by atoms with Gasteiger partial charge < -0.3 is 9.32 Å². The number of carbonyl (C=O) groups excluding carboxylic acids is 1. The number of nitrogens with one attached hydrogen (secondary N) is 1. The molecule has 2 aromatic carbocycles. The largest absolute Gasteiger partial charge is 0.440 e. The first-order chi connectivity index (χ1) is 13.9. The first kappa shape index (κ1) is 18.9. The summed E-state index contributed by atoms with van der Waals surface area (Å²) in [7, 11) is 1.81.